The van der Waals surface area contributed by atoms with Gasteiger partial charge in [-0.15, -0.1) is 11.3 Å². The zero-order chi connectivity index (χ0) is 14.8. The Morgan fingerprint density at radius 3 is 2.70 bits per heavy atom. The molecule has 0 aromatic carbocycles. The summed E-state index contributed by atoms with van der Waals surface area (Å²) >= 11 is 1.39. The molecule has 0 saturated heterocycles. The molecule has 0 bridgehead atoms. The van der Waals surface area contributed by atoms with E-state index in [9.17, 15) is 9.59 Å². The number of methoxy groups -OCH3 is 1. The van der Waals surface area contributed by atoms with Crippen molar-refractivity contribution in [2.45, 2.75) is 13.5 Å². The molecule has 1 heterocycles. The summed E-state index contributed by atoms with van der Waals surface area (Å²) in [4.78, 5) is 24.3. The highest BCUT2D eigenvalue weighted by atomic mass is 32.1. The van der Waals surface area contributed by atoms with Gasteiger partial charge in [-0.3, -0.25) is 9.59 Å². The van der Waals surface area contributed by atoms with Crippen LogP contribution in [-0.2, 0) is 16.1 Å². The predicted molar refractivity (Wildman–Crippen MR) is 78.9 cm³/mol. The first-order valence-corrected chi connectivity index (χ1v) is 7.26. The Hall–Kier alpha value is -1.44. The van der Waals surface area contributed by atoms with E-state index < -0.39 is 0 Å². The highest BCUT2D eigenvalue weighted by Gasteiger charge is 2.08. The minimum atomic E-state index is -0.0855. The van der Waals surface area contributed by atoms with Crippen molar-refractivity contribution in [2.75, 3.05) is 33.4 Å². The van der Waals surface area contributed by atoms with Gasteiger partial charge in [-0.25, -0.2) is 0 Å². The Morgan fingerprint density at radius 2 is 2.00 bits per heavy atom. The molecule has 1 rings (SSSR count). The van der Waals surface area contributed by atoms with Crippen molar-refractivity contribution >= 4 is 23.2 Å². The summed E-state index contributed by atoms with van der Waals surface area (Å²) in [5.41, 5.74) is 0. The van der Waals surface area contributed by atoms with Crippen LogP contribution in [0.15, 0.2) is 12.1 Å². The summed E-state index contributed by atoms with van der Waals surface area (Å²) in [7, 11) is 1.65. The normalized spacial score (nSPS) is 10.3. The number of hydrogen-bond acceptors (Lipinski definition) is 5. The molecule has 2 amide bonds. The number of rotatable bonds is 9. The number of carbonyl (C=O) groups is 2. The Morgan fingerprint density at radius 1 is 1.20 bits per heavy atom. The molecular weight excluding hydrogens is 278 g/mol. The van der Waals surface area contributed by atoms with Crippen molar-refractivity contribution in [3.8, 4) is 0 Å². The maximum Gasteiger partial charge on any atom is 0.261 e. The lowest BCUT2D eigenvalue weighted by atomic mass is 10.4. The number of hydrogen-bond donors (Lipinski definition) is 3. The van der Waals surface area contributed by atoms with Crippen LogP contribution in [0.3, 0.4) is 0 Å². The second-order valence-electron chi connectivity index (χ2n) is 4.17. The van der Waals surface area contributed by atoms with Gasteiger partial charge < -0.3 is 20.7 Å². The first kappa shape index (κ1) is 16.6. The first-order chi connectivity index (χ1) is 9.63. The average Bonchev–Trinajstić information content (AvgIpc) is 2.89. The minimum Gasteiger partial charge on any atom is -0.383 e. The van der Waals surface area contributed by atoms with E-state index in [4.69, 9.17) is 4.74 Å². The van der Waals surface area contributed by atoms with Gasteiger partial charge in [-0.05, 0) is 12.1 Å². The lowest BCUT2D eigenvalue weighted by Crippen LogP contribution is -2.32. The van der Waals surface area contributed by atoms with Crippen LogP contribution >= 0.6 is 11.3 Å². The standard InChI is InChI=1S/C13H21N3O3S/c1-10(17)16-9-11-3-4-12(20-11)13(18)15-6-5-14-7-8-19-2/h3-4,14H,5-9H2,1-2H3,(H,15,18)(H,16,17). The predicted octanol–water partition coefficient (Wildman–Crippen LogP) is 0.350. The number of thiophene rings is 1. The van der Waals surface area contributed by atoms with Crippen molar-refractivity contribution < 1.29 is 14.3 Å². The van der Waals surface area contributed by atoms with Crippen LogP contribution in [0.2, 0.25) is 0 Å². The average molecular weight is 299 g/mol. The SMILES string of the molecule is COCCNCCNC(=O)c1ccc(CNC(C)=O)s1. The zero-order valence-electron chi connectivity index (χ0n) is 11.8. The summed E-state index contributed by atoms with van der Waals surface area (Å²) in [5, 5.41) is 8.69. The van der Waals surface area contributed by atoms with E-state index in [0.717, 1.165) is 11.4 Å². The second-order valence-corrected chi connectivity index (χ2v) is 5.34. The monoisotopic (exact) mass is 299 g/mol. The van der Waals surface area contributed by atoms with Gasteiger partial charge >= 0.3 is 0 Å². The summed E-state index contributed by atoms with van der Waals surface area (Å²) in [6, 6.07) is 3.63. The van der Waals surface area contributed by atoms with E-state index in [1.54, 1.807) is 13.2 Å². The van der Waals surface area contributed by atoms with Crippen LogP contribution in [0.4, 0.5) is 0 Å². The highest BCUT2D eigenvalue weighted by molar-refractivity contribution is 7.14. The van der Waals surface area contributed by atoms with Crippen molar-refractivity contribution in [3.05, 3.63) is 21.9 Å². The van der Waals surface area contributed by atoms with Gasteiger partial charge in [0.05, 0.1) is 18.0 Å². The molecular formula is C13H21N3O3S. The van der Waals surface area contributed by atoms with E-state index in [0.29, 0.717) is 31.1 Å². The van der Waals surface area contributed by atoms with Crippen LogP contribution in [0.5, 0.6) is 0 Å². The zero-order valence-corrected chi connectivity index (χ0v) is 12.6. The molecule has 1 aromatic rings. The maximum atomic E-state index is 11.8. The molecule has 0 fully saturated rings. The van der Waals surface area contributed by atoms with Gasteiger partial charge in [0.25, 0.3) is 5.91 Å². The van der Waals surface area contributed by atoms with Crippen molar-refractivity contribution in [1.82, 2.24) is 16.0 Å². The third kappa shape index (κ3) is 6.65. The lowest BCUT2D eigenvalue weighted by Gasteiger charge is -2.05. The Kier molecular flexibility index (Phi) is 7.86. The molecule has 0 aliphatic rings. The van der Waals surface area contributed by atoms with Crippen LogP contribution in [0.1, 0.15) is 21.5 Å². The molecule has 0 saturated carbocycles. The number of nitrogens with one attached hydrogen (secondary N) is 3. The number of amides is 2. The third-order valence-corrected chi connectivity index (χ3v) is 3.55. The molecule has 20 heavy (non-hydrogen) atoms. The van der Waals surface area contributed by atoms with E-state index in [1.165, 1.54) is 18.3 Å². The topological polar surface area (TPSA) is 79.5 Å². The molecule has 0 spiro atoms. The molecule has 0 aliphatic heterocycles. The maximum absolute atomic E-state index is 11.8. The molecule has 112 valence electrons. The summed E-state index contributed by atoms with van der Waals surface area (Å²) < 4.78 is 4.90. The Balaban J connectivity index is 2.24. The highest BCUT2D eigenvalue weighted by Crippen LogP contribution is 2.15. The van der Waals surface area contributed by atoms with Gasteiger partial charge in [0, 0.05) is 38.5 Å². The first-order valence-electron chi connectivity index (χ1n) is 6.44. The molecule has 0 aliphatic carbocycles. The third-order valence-electron chi connectivity index (χ3n) is 2.47. The number of carbonyl (C=O) groups excluding carboxylic acids is 2. The van der Waals surface area contributed by atoms with Crippen LogP contribution in [0, 0.1) is 0 Å². The van der Waals surface area contributed by atoms with E-state index >= 15 is 0 Å². The Bertz CT molecular complexity index is 434. The second kappa shape index (κ2) is 9.46. The van der Waals surface area contributed by atoms with Gasteiger partial charge in [-0.1, -0.05) is 0 Å². The Labute approximate surface area is 122 Å². The summed E-state index contributed by atoms with van der Waals surface area (Å²) in [5.74, 6) is -0.163. The summed E-state index contributed by atoms with van der Waals surface area (Å²) in [6.07, 6.45) is 0. The molecule has 0 atom stereocenters. The smallest absolute Gasteiger partial charge is 0.261 e. The lowest BCUT2D eigenvalue weighted by molar-refractivity contribution is -0.119. The van der Waals surface area contributed by atoms with Gasteiger partial charge in [0.1, 0.15) is 0 Å². The quantitative estimate of drug-likeness (QED) is 0.575. The summed E-state index contributed by atoms with van der Waals surface area (Å²) in [6.45, 7) is 4.64. The van der Waals surface area contributed by atoms with Crippen LogP contribution in [0.25, 0.3) is 0 Å². The molecule has 6 nitrogen and oxygen atoms in total. The fourth-order valence-electron chi connectivity index (χ4n) is 1.46. The number of ether oxygens (including phenoxy) is 1. The molecule has 0 radical (unpaired) electrons. The molecule has 3 N–H and O–H groups in total. The molecule has 1 aromatic heterocycles. The fourth-order valence-corrected chi connectivity index (χ4v) is 2.32. The van der Waals surface area contributed by atoms with Crippen molar-refractivity contribution in [3.63, 3.8) is 0 Å². The van der Waals surface area contributed by atoms with Gasteiger partial charge in [0.15, 0.2) is 0 Å². The van der Waals surface area contributed by atoms with Gasteiger partial charge in [0.2, 0.25) is 5.91 Å². The van der Waals surface area contributed by atoms with E-state index in [1.807, 2.05) is 6.07 Å². The van der Waals surface area contributed by atoms with Crippen molar-refractivity contribution in [2.24, 2.45) is 0 Å². The van der Waals surface area contributed by atoms with Crippen LogP contribution < -0.4 is 16.0 Å². The van der Waals surface area contributed by atoms with Crippen molar-refractivity contribution in [1.29, 1.82) is 0 Å². The van der Waals surface area contributed by atoms with E-state index in [2.05, 4.69) is 16.0 Å². The molecule has 0 unspecified atom stereocenters. The van der Waals surface area contributed by atoms with E-state index in [-0.39, 0.29) is 11.8 Å². The molecule has 7 heteroatoms. The largest absolute Gasteiger partial charge is 0.383 e. The fraction of sp³-hybridized carbons (Fsp3) is 0.538. The van der Waals surface area contributed by atoms with Crippen LogP contribution in [-0.4, -0.2) is 45.2 Å². The van der Waals surface area contributed by atoms with Gasteiger partial charge in [-0.2, -0.15) is 0 Å². The minimum absolute atomic E-state index is 0.0773.